The van der Waals surface area contributed by atoms with Crippen LogP contribution in [0, 0.1) is 5.82 Å². The van der Waals surface area contributed by atoms with Gasteiger partial charge < -0.3 is 4.74 Å². The lowest BCUT2D eigenvalue weighted by atomic mass is 10.1. The molecule has 1 aromatic carbocycles. The lowest BCUT2D eigenvalue weighted by Crippen LogP contribution is -2.11. The van der Waals surface area contributed by atoms with Crippen molar-refractivity contribution < 1.29 is 13.9 Å². The Kier molecular flexibility index (Phi) is 4.62. The minimum atomic E-state index is -0.550. The van der Waals surface area contributed by atoms with Crippen LogP contribution in [0.1, 0.15) is 42.9 Å². The molecular formula is C16H17FN2O2. The molecule has 5 heteroatoms. The zero-order valence-corrected chi connectivity index (χ0v) is 12.3. The molecule has 1 heterocycles. The highest BCUT2D eigenvalue weighted by atomic mass is 19.1. The highest BCUT2D eigenvalue weighted by Crippen LogP contribution is 2.26. The Balaban J connectivity index is 2.62. The second-order valence-electron chi connectivity index (χ2n) is 4.85. The van der Waals surface area contributed by atoms with Crippen molar-refractivity contribution in [3.8, 4) is 11.3 Å². The third-order valence-electron chi connectivity index (χ3n) is 2.95. The molecule has 110 valence electrons. The van der Waals surface area contributed by atoms with Gasteiger partial charge in [-0.05, 0) is 19.1 Å². The van der Waals surface area contributed by atoms with Gasteiger partial charge in [0.25, 0.3) is 0 Å². The van der Waals surface area contributed by atoms with Crippen molar-refractivity contribution >= 4 is 5.97 Å². The number of carbonyl (C=O) groups excluding carboxylic acids is 1. The molecule has 0 spiro atoms. The Morgan fingerprint density at radius 3 is 2.67 bits per heavy atom. The van der Waals surface area contributed by atoms with Crippen molar-refractivity contribution in [3.63, 3.8) is 0 Å². The summed E-state index contributed by atoms with van der Waals surface area (Å²) in [6.45, 7) is 5.82. The lowest BCUT2D eigenvalue weighted by molar-refractivity contribution is 0.0526. The van der Waals surface area contributed by atoms with E-state index in [-0.39, 0.29) is 29.3 Å². The molecule has 0 aliphatic heterocycles. The maximum Gasteiger partial charge on any atom is 0.341 e. The van der Waals surface area contributed by atoms with Crippen LogP contribution in [0.5, 0.6) is 0 Å². The molecule has 0 aliphatic carbocycles. The van der Waals surface area contributed by atoms with E-state index < -0.39 is 11.8 Å². The number of hydrogen-bond acceptors (Lipinski definition) is 4. The smallest absolute Gasteiger partial charge is 0.341 e. The molecule has 0 bridgehead atoms. The maximum atomic E-state index is 14.0. The summed E-state index contributed by atoms with van der Waals surface area (Å²) >= 11 is 0. The average Bonchev–Trinajstić information content (AvgIpc) is 2.47. The van der Waals surface area contributed by atoms with Gasteiger partial charge in [0.05, 0.1) is 12.3 Å². The van der Waals surface area contributed by atoms with E-state index in [2.05, 4.69) is 9.97 Å². The number of carbonyl (C=O) groups is 1. The fourth-order valence-corrected chi connectivity index (χ4v) is 1.89. The van der Waals surface area contributed by atoms with Crippen LogP contribution in [0.2, 0.25) is 0 Å². The maximum absolute atomic E-state index is 14.0. The van der Waals surface area contributed by atoms with Gasteiger partial charge in [-0.15, -0.1) is 0 Å². The van der Waals surface area contributed by atoms with Crippen LogP contribution < -0.4 is 0 Å². The van der Waals surface area contributed by atoms with Gasteiger partial charge in [-0.3, -0.25) is 0 Å². The summed E-state index contributed by atoms with van der Waals surface area (Å²) in [6.07, 6.45) is 1.40. The van der Waals surface area contributed by atoms with Crippen LogP contribution in [0.3, 0.4) is 0 Å². The van der Waals surface area contributed by atoms with Gasteiger partial charge in [-0.25, -0.2) is 19.2 Å². The summed E-state index contributed by atoms with van der Waals surface area (Å²) in [5.41, 5.74) is 0.710. The van der Waals surface area contributed by atoms with E-state index >= 15 is 0 Å². The molecule has 0 aliphatic rings. The largest absolute Gasteiger partial charge is 0.462 e. The van der Waals surface area contributed by atoms with Crippen molar-refractivity contribution in [1.29, 1.82) is 0 Å². The summed E-state index contributed by atoms with van der Waals surface area (Å²) in [7, 11) is 0. The van der Waals surface area contributed by atoms with Gasteiger partial charge >= 0.3 is 5.97 Å². The third kappa shape index (κ3) is 3.24. The van der Waals surface area contributed by atoms with Crippen LogP contribution >= 0.6 is 0 Å². The van der Waals surface area contributed by atoms with E-state index in [9.17, 15) is 9.18 Å². The molecular weight excluding hydrogens is 271 g/mol. The molecule has 0 amide bonds. The van der Waals surface area contributed by atoms with Gasteiger partial charge in [0, 0.05) is 17.7 Å². The molecule has 1 aromatic heterocycles. The topological polar surface area (TPSA) is 52.1 Å². The van der Waals surface area contributed by atoms with Crippen molar-refractivity contribution in [2.45, 2.75) is 26.7 Å². The zero-order chi connectivity index (χ0) is 15.4. The van der Waals surface area contributed by atoms with Crippen LogP contribution in [0.4, 0.5) is 4.39 Å². The quantitative estimate of drug-likeness (QED) is 0.807. The number of halogens is 1. The van der Waals surface area contributed by atoms with Crippen LogP contribution in [-0.4, -0.2) is 22.5 Å². The fourth-order valence-electron chi connectivity index (χ4n) is 1.89. The number of esters is 1. The molecule has 0 N–H and O–H groups in total. The molecule has 0 atom stereocenters. The third-order valence-corrected chi connectivity index (χ3v) is 2.95. The molecule has 4 nitrogen and oxygen atoms in total. The summed E-state index contributed by atoms with van der Waals surface area (Å²) < 4.78 is 19.0. The number of aromatic nitrogens is 2. The molecule has 21 heavy (non-hydrogen) atoms. The SMILES string of the molecule is CCOC(=O)c1cnc(C(C)C)nc1-c1ccccc1F. The number of ether oxygens (including phenoxy) is 1. The van der Waals surface area contributed by atoms with Crippen LogP contribution in [-0.2, 0) is 4.74 Å². The lowest BCUT2D eigenvalue weighted by Gasteiger charge is -2.11. The van der Waals surface area contributed by atoms with Gasteiger partial charge in [-0.1, -0.05) is 26.0 Å². The van der Waals surface area contributed by atoms with E-state index in [1.807, 2.05) is 13.8 Å². The Labute approximate surface area is 123 Å². The average molecular weight is 288 g/mol. The highest BCUT2D eigenvalue weighted by Gasteiger charge is 2.20. The highest BCUT2D eigenvalue weighted by molar-refractivity contribution is 5.95. The summed E-state index contributed by atoms with van der Waals surface area (Å²) in [6, 6.07) is 6.21. The van der Waals surface area contributed by atoms with Gasteiger partial charge in [0.15, 0.2) is 0 Å². The Hall–Kier alpha value is -2.30. The van der Waals surface area contributed by atoms with E-state index in [0.717, 1.165) is 0 Å². The summed E-state index contributed by atoms with van der Waals surface area (Å²) in [5.74, 6) is -0.351. The minimum Gasteiger partial charge on any atom is -0.462 e. The summed E-state index contributed by atoms with van der Waals surface area (Å²) in [5, 5.41) is 0. The first kappa shape index (κ1) is 15.1. The van der Waals surface area contributed by atoms with Crippen LogP contribution in [0.15, 0.2) is 30.5 Å². The Morgan fingerprint density at radius 2 is 2.05 bits per heavy atom. The number of nitrogens with zero attached hydrogens (tertiary/aromatic N) is 2. The predicted molar refractivity (Wildman–Crippen MR) is 77.5 cm³/mol. The van der Waals surface area contributed by atoms with Crippen LogP contribution in [0.25, 0.3) is 11.3 Å². The normalized spacial score (nSPS) is 10.7. The first-order chi connectivity index (χ1) is 10.0. The van der Waals surface area contributed by atoms with Gasteiger partial charge in [-0.2, -0.15) is 0 Å². The molecule has 2 rings (SSSR count). The second kappa shape index (κ2) is 6.43. The molecule has 0 unspecified atom stereocenters. The standard InChI is InChI=1S/C16H17FN2O2/c1-4-21-16(20)12-9-18-15(10(2)3)19-14(12)11-7-5-6-8-13(11)17/h5-10H,4H2,1-3H3. The van der Waals surface area contributed by atoms with E-state index in [1.54, 1.807) is 25.1 Å². The van der Waals surface area contributed by atoms with Crippen molar-refractivity contribution in [1.82, 2.24) is 9.97 Å². The van der Waals surface area contributed by atoms with E-state index in [4.69, 9.17) is 4.74 Å². The molecule has 0 saturated heterocycles. The van der Waals surface area contributed by atoms with Crippen molar-refractivity contribution in [3.05, 3.63) is 47.7 Å². The molecule has 2 aromatic rings. The van der Waals surface area contributed by atoms with E-state index in [1.165, 1.54) is 12.3 Å². The Bertz CT molecular complexity index is 656. The molecule has 0 saturated carbocycles. The first-order valence-corrected chi connectivity index (χ1v) is 6.83. The Morgan fingerprint density at radius 1 is 1.33 bits per heavy atom. The molecule has 0 radical (unpaired) electrons. The zero-order valence-electron chi connectivity index (χ0n) is 12.3. The van der Waals surface area contributed by atoms with Crippen molar-refractivity contribution in [2.75, 3.05) is 6.61 Å². The van der Waals surface area contributed by atoms with Gasteiger partial charge in [0.1, 0.15) is 17.2 Å². The number of hydrogen-bond donors (Lipinski definition) is 0. The number of rotatable bonds is 4. The second-order valence-corrected chi connectivity index (χ2v) is 4.85. The minimum absolute atomic E-state index is 0.0757. The fraction of sp³-hybridized carbons (Fsp3) is 0.312. The van der Waals surface area contributed by atoms with E-state index in [0.29, 0.717) is 5.82 Å². The van der Waals surface area contributed by atoms with Crippen molar-refractivity contribution in [2.24, 2.45) is 0 Å². The monoisotopic (exact) mass is 288 g/mol. The molecule has 0 fully saturated rings. The number of benzene rings is 1. The first-order valence-electron chi connectivity index (χ1n) is 6.83. The predicted octanol–water partition coefficient (Wildman–Crippen LogP) is 3.58. The summed E-state index contributed by atoms with van der Waals surface area (Å²) in [4.78, 5) is 20.5. The van der Waals surface area contributed by atoms with Gasteiger partial charge in [0.2, 0.25) is 0 Å².